The van der Waals surface area contributed by atoms with E-state index in [0.717, 1.165) is 0 Å². The Morgan fingerprint density at radius 2 is 1.75 bits per heavy atom. The first-order chi connectivity index (χ1) is 11.1. The number of hydrogen-bond acceptors (Lipinski definition) is 4. The van der Waals surface area contributed by atoms with Crippen molar-refractivity contribution in [2.75, 3.05) is 32.7 Å². The Labute approximate surface area is 149 Å². The lowest BCUT2D eigenvalue weighted by Gasteiger charge is -2.18. The van der Waals surface area contributed by atoms with Crippen molar-refractivity contribution >= 4 is 24.2 Å². The zero-order valence-electron chi connectivity index (χ0n) is 14.1. The zero-order chi connectivity index (χ0) is 16.8. The predicted molar refractivity (Wildman–Crippen MR) is 95.6 cm³/mol. The fourth-order valence-corrected chi connectivity index (χ4v) is 2.71. The van der Waals surface area contributed by atoms with Crippen LogP contribution >= 0.6 is 12.4 Å². The van der Waals surface area contributed by atoms with Gasteiger partial charge in [-0.25, -0.2) is 0 Å². The number of nitrogens with zero attached hydrogens (tertiary/aromatic N) is 1. The summed E-state index contributed by atoms with van der Waals surface area (Å²) in [6.45, 7) is 6.92. The fraction of sp³-hybridized carbons (Fsp3) is 0.529. The minimum Gasteiger partial charge on any atom is -0.391 e. The molecule has 2 unspecified atom stereocenters. The van der Waals surface area contributed by atoms with Crippen molar-refractivity contribution in [3.05, 3.63) is 35.4 Å². The summed E-state index contributed by atoms with van der Waals surface area (Å²) in [6, 6.07) is 6.69. The van der Waals surface area contributed by atoms with Gasteiger partial charge < -0.3 is 20.6 Å². The third kappa shape index (κ3) is 4.93. The Morgan fingerprint density at radius 3 is 2.25 bits per heavy atom. The number of amides is 2. The molecule has 1 heterocycles. The fourth-order valence-electron chi connectivity index (χ4n) is 2.71. The van der Waals surface area contributed by atoms with Gasteiger partial charge in [0.2, 0.25) is 0 Å². The maximum absolute atomic E-state index is 12.2. The van der Waals surface area contributed by atoms with E-state index in [1.165, 1.54) is 0 Å². The Balaban J connectivity index is 0.00000288. The molecule has 0 radical (unpaired) electrons. The van der Waals surface area contributed by atoms with Gasteiger partial charge in [0.15, 0.2) is 0 Å². The van der Waals surface area contributed by atoms with E-state index in [-0.39, 0.29) is 30.1 Å². The third-order valence-corrected chi connectivity index (χ3v) is 4.27. The quantitative estimate of drug-likeness (QED) is 0.708. The molecule has 6 nitrogen and oxygen atoms in total. The molecule has 0 aliphatic carbocycles. The van der Waals surface area contributed by atoms with Gasteiger partial charge in [-0.15, -0.1) is 12.4 Å². The molecule has 1 aromatic rings. The van der Waals surface area contributed by atoms with Gasteiger partial charge in [-0.3, -0.25) is 9.59 Å². The molecule has 1 saturated heterocycles. The zero-order valence-corrected chi connectivity index (χ0v) is 14.9. The van der Waals surface area contributed by atoms with Gasteiger partial charge >= 0.3 is 0 Å². The molecule has 2 amide bonds. The van der Waals surface area contributed by atoms with E-state index in [9.17, 15) is 14.7 Å². The number of nitrogens with one attached hydrogen (secondary N) is 2. The van der Waals surface area contributed by atoms with E-state index >= 15 is 0 Å². The summed E-state index contributed by atoms with van der Waals surface area (Å²) in [5.74, 6) is -0.171. The summed E-state index contributed by atoms with van der Waals surface area (Å²) in [4.78, 5) is 26.1. The number of hydrogen-bond donors (Lipinski definition) is 3. The summed E-state index contributed by atoms with van der Waals surface area (Å²) in [7, 11) is 0. The van der Waals surface area contributed by atoms with Gasteiger partial charge in [0.05, 0.1) is 6.10 Å². The number of aliphatic hydroxyl groups is 1. The summed E-state index contributed by atoms with van der Waals surface area (Å²) in [5, 5.41) is 15.6. The van der Waals surface area contributed by atoms with Gasteiger partial charge in [-0.2, -0.15) is 0 Å². The SMILES string of the molecule is CCN(CC)C(=O)c1ccc(C(=O)NCC2CNCC2O)cc1.Cl. The van der Waals surface area contributed by atoms with Crippen LogP contribution in [0.2, 0.25) is 0 Å². The van der Waals surface area contributed by atoms with Gasteiger partial charge in [0.1, 0.15) is 0 Å². The van der Waals surface area contributed by atoms with E-state index in [2.05, 4.69) is 10.6 Å². The van der Waals surface area contributed by atoms with Crippen LogP contribution in [0.5, 0.6) is 0 Å². The molecule has 24 heavy (non-hydrogen) atoms. The number of benzene rings is 1. The lowest BCUT2D eigenvalue weighted by Crippen LogP contribution is -2.34. The van der Waals surface area contributed by atoms with Crippen molar-refractivity contribution in [2.45, 2.75) is 20.0 Å². The molecule has 0 aromatic heterocycles. The molecule has 0 spiro atoms. The van der Waals surface area contributed by atoms with Crippen LogP contribution < -0.4 is 10.6 Å². The van der Waals surface area contributed by atoms with Crippen LogP contribution in [0.3, 0.4) is 0 Å². The molecule has 134 valence electrons. The molecular formula is C17H26ClN3O3. The van der Waals surface area contributed by atoms with Crippen molar-refractivity contribution in [1.82, 2.24) is 15.5 Å². The highest BCUT2D eigenvalue weighted by Gasteiger charge is 2.25. The highest BCUT2D eigenvalue weighted by molar-refractivity contribution is 5.97. The number of halogens is 1. The average molecular weight is 356 g/mol. The number of carbonyl (C=O) groups is 2. The smallest absolute Gasteiger partial charge is 0.253 e. The monoisotopic (exact) mass is 355 g/mol. The third-order valence-electron chi connectivity index (χ3n) is 4.27. The summed E-state index contributed by atoms with van der Waals surface area (Å²) in [5.41, 5.74) is 1.10. The Hall–Kier alpha value is -1.63. The molecule has 3 N–H and O–H groups in total. The van der Waals surface area contributed by atoms with Gasteiger partial charge in [-0.05, 0) is 38.1 Å². The van der Waals surface area contributed by atoms with Gasteiger partial charge in [0.25, 0.3) is 11.8 Å². The van der Waals surface area contributed by atoms with Crippen LogP contribution in [-0.4, -0.2) is 60.6 Å². The maximum atomic E-state index is 12.2. The maximum Gasteiger partial charge on any atom is 0.253 e. The molecule has 2 rings (SSSR count). The van der Waals surface area contributed by atoms with E-state index in [1.54, 1.807) is 29.2 Å². The van der Waals surface area contributed by atoms with Crippen molar-refractivity contribution in [1.29, 1.82) is 0 Å². The van der Waals surface area contributed by atoms with Crippen molar-refractivity contribution < 1.29 is 14.7 Å². The number of rotatable bonds is 6. The first kappa shape index (κ1) is 20.4. The Morgan fingerprint density at radius 1 is 1.17 bits per heavy atom. The highest BCUT2D eigenvalue weighted by atomic mass is 35.5. The summed E-state index contributed by atoms with van der Waals surface area (Å²) >= 11 is 0. The van der Waals surface area contributed by atoms with E-state index < -0.39 is 6.10 Å². The predicted octanol–water partition coefficient (Wildman–Crippen LogP) is 0.901. The minimum absolute atomic E-state index is 0. The lowest BCUT2D eigenvalue weighted by atomic mass is 10.1. The molecule has 1 aromatic carbocycles. The van der Waals surface area contributed by atoms with E-state index in [0.29, 0.717) is 43.9 Å². The van der Waals surface area contributed by atoms with Crippen LogP contribution in [0.1, 0.15) is 34.6 Å². The van der Waals surface area contributed by atoms with Gasteiger partial charge in [-0.1, -0.05) is 0 Å². The highest BCUT2D eigenvalue weighted by Crippen LogP contribution is 2.10. The van der Waals surface area contributed by atoms with Crippen LogP contribution in [-0.2, 0) is 0 Å². The minimum atomic E-state index is -0.413. The molecule has 1 fully saturated rings. The van der Waals surface area contributed by atoms with Crippen molar-refractivity contribution in [3.8, 4) is 0 Å². The Kier molecular flexibility index (Phi) is 8.18. The molecule has 0 bridgehead atoms. The first-order valence-corrected chi connectivity index (χ1v) is 8.13. The normalized spacial score (nSPS) is 19.5. The van der Waals surface area contributed by atoms with E-state index in [1.807, 2.05) is 13.8 Å². The van der Waals surface area contributed by atoms with Crippen LogP contribution in [0, 0.1) is 5.92 Å². The first-order valence-electron chi connectivity index (χ1n) is 8.13. The number of β-amino-alcohol motifs (C(OH)–C–C–N with tert-alkyl or cyclic N) is 1. The molecular weight excluding hydrogens is 330 g/mol. The lowest BCUT2D eigenvalue weighted by molar-refractivity contribution is 0.0772. The molecule has 0 saturated carbocycles. The molecule has 1 aliphatic heterocycles. The summed E-state index contributed by atoms with van der Waals surface area (Å²) < 4.78 is 0. The second-order valence-electron chi connectivity index (χ2n) is 5.75. The number of carbonyl (C=O) groups excluding carboxylic acids is 2. The standard InChI is InChI=1S/C17H25N3O3.ClH/c1-3-20(4-2)17(23)13-7-5-12(6-8-13)16(22)19-10-14-9-18-11-15(14)21;/h5-8,14-15,18,21H,3-4,9-11H2,1-2H3,(H,19,22);1H. The van der Waals surface area contributed by atoms with Crippen molar-refractivity contribution in [3.63, 3.8) is 0 Å². The van der Waals surface area contributed by atoms with Gasteiger partial charge in [0, 0.05) is 49.8 Å². The molecule has 7 heteroatoms. The number of aliphatic hydroxyl groups excluding tert-OH is 1. The second kappa shape index (κ2) is 9.61. The molecule has 2 atom stereocenters. The van der Waals surface area contributed by atoms with Crippen molar-refractivity contribution in [2.24, 2.45) is 5.92 Å². The second-order valence-corrected chi connectivity index (χ2v) is 5.75. The summed E-state index contributed by atoms with van der Waals surface area (Å²) in [6.07, 6.45) is -0.413. The Bertz CT molecular complexity index is 547. The molecule has 1 aliphatic rings. The largest absolute Gasteiger partial charge is 0.391 e. The van der Waals surface area contributed by atoms with Crippen LogP contribution in [0.15, 0.2) is 24.3 Å². The van der Waals surface area contributed by atoms with Crippen LogP contribution in [0.25, 0.3) is 0 Å². The van der Waals surface area contributed by atoms with E-state index in [4.69, 9.17) is 0 Å². The van der Waals surface area contributed by atoms with Crippen LogP contribution in [0.4, 0.5) is 0 Å². The average Bonchev–Trinajstić information content (AvgIpc) is 2.99. The topological polar surface area (TPSA) is 81.7 Å².